The summed E-state index contributed by atoms with van der Waals surface area (Å²) in [6, 6.07) is 13.6. The molecule has 2 aromatic carbocycles. The van der Waals surface area contributed by atoms with E-state index in [0.29, 0.717) is 28.7 Å². The number of imidazole rings is 1. The van der Waals surface area contributed by atoms with Crippen molar-refractivity contribution in [2.45, 2.75) is 33.9 Å². The van der Waals surface area contributed by atoms with Gasteiger partial charge in [0.15, 0.2) is 11.2 Å². The summed E-state index contributed by atoms with van der Waals surface area (Å²) in [5, 5.41) is 0.643. The molecule has 1 aliphatic rings. The van der Waals surface area contributed by atoms with E-state index in [1.165, 1.54) is 9.13 Å². The van der Waals surface area contributed by atoms with Crippen molar-refractivity contribution in [3.8, 4) is 0 Å². The van der Waals surface area contributed by atoms with E-state index in [-0.39, 0.29) is 23.7 Å². The molecule has 0 saturated carbocycles. The topological polar surface area (TPSA) is 65.1 Å². The van der Waals surface area contributed by atoms with Crippen molar-refractivity contribution < 1.29 is 0 Å². The number of benzene rings is 2. The predicted molar refractivity (Wildman–Crippen MR) is 132 cm³/mol. The fourth-order valence-corrected chi connectivity index (χ4v) is 4.88. The first-order chi connectivity index (χ1) is 15.7. The molecule has 0 bridgehead atoms. The zero-order valence-electron chi connectivity index (χ0n) is 19.2. The van der Waals surface area contributed by atoms with Gasteiger partial charge in [-0.3, -0.25) is 13.9 Å². The van der Waals surface area contributed by atoms with Crippen molar-refractivity contribution >= 4 is 34.4 Å². The molecule has 33 heavy (non-hydrogen) atoms. The second kappa shape index (κ2) is 7.92. The van der Waals surface area contributed by atoms with Gasteiger partial charge in [-0.25, -0.2) is 4.79 Å². The van der Waals surface area contributed by atoms with Crippen molar-refractivity contribution in [1.82, 2.24) is 18.7 Å². The van der Waals surface area contributed by atoms with Gasteiger partial charge in [-0.2, -0.15) is 4.98 Å². The van der Waals surface area contributed by atoms with E-state index in [1.54, 1.807) is 7.05 Å². The summed E-state index contributed by atoms with van der Waals surface area (Å²) in [6.45, 7) is 7.79. The van der Waals surface area contributed by atoms with Gasteiger partial charge >= 0.3 is 5.69 Å². The number of rotatable bonds is 3. The summed E-state index contributed by atoms with van der Waals surface area (Å²) < 4.78 is 4.74. The Morgan fingerprint density at radius 1 is 1.09 bits per heavy atom. The highest BCUT2D eigenvalue weighted by molar-refractivity contribution is 6.30. The van der Waals surface area contributed by atoms with Crippen LogP contribution in [0.15, 0.2) is 52.1 Å². The Kier molecular flexibility index (Phi) is 5.16. The molecular formula is C25H26ClN5O2. The van der Waals surface area contributed by atoms with Crippen LogP contribution in [0.2, 0.25) is 5.02 Å². The number of fused-ring (bicyclic) bond motifs is 3. The summed E-state index contributed by atoms with van der Waals surface area (Å²) in [5.74, 6) is 0.934. The van der Waals surface area contributed by atoms with Gasteiger partial charge in [0.1, 0.15) is 0 Å². The second-order valence-electron chi connectivity index (χ2n) is 9.06. The minimum atomic E-state index is -0.372. The molecule has 0 amide bonds. The van der Waals surface area contributed by atoms with Crippen LogP contribution in [-0.2, 0) is 20.1 Å². The molecule has 2 aromatic heterocycles. The first-order valence-corrected chi connectivity index (χ1v) is 11.4. The van der Waals surface area contributed by atoms with Gasteiger partial charge in [-0.15, -0.1) is 0 Å². The van der Waals surface area contributed by atoms with Crippen LogP contribution < -0.4 is 16.1 Å². The smallest absolute Gasteiger partial charge is 0.311 e. The number of nitrogens with zero attached hydrogens (tertiary/aromatic N) is 5. The maximum absolute atomic E-state index is 13.6. The van der Waals surface area contributed by atoms with Crippen LogP contribution in [0.25, 0.3) is 11.2 Å². The van der Waals surface area contributed by atoms with Crippen molar-refractivity contribution in [3.63, 3.8) is 0 Å². The predicted octanol–water partition coefficient (Wildman–Crippen LogP) is 4.00. The van der Waals surface area contributed by atoms with E-state index in [4.69, 9.17) is 16.6 Å². The zero-order chi connectivity index (χ0) is 23.4. The van der Waals surface area contributed by atoms with Gasteiger partial charge in [-0.1, -0.05) is 54.4 Å². The fraction of sp³-hybridized carbons (Fsp3) is 0.320. The van der Waals surface area contributed by atoms with E-state index in [2.05, 4.69) is 11.8 Å². The van der Waals surface area contributed by atoms with Crippen molar-refractivity contribution in [2.24, 2.45) is 13.0 Å². The van der Waals surface area contributed by atoms with Crippen LogP contribution in [0, 0.1) is 19.8 Å². The lowest BCUT2D eigenvalue weighted by atomic mass is 10.1. The molecule has 8 heteroatoms. The molecule has 0 saturated heterocycles. The molecule has 7 nitrogen and oxygen atoms in total. The maximum atomic E-state index is 13.6. The summed E-state index contributed by atoms with van der Waals surface area (Å²) in [4.78, 5) is 33.7. The molecule has 1 aliphatic heterocycles. The minimum Gasteiger partial charge on any atom is -0.311 e. The first kappa shape index (κ1) is 21.5. The Balaban J connectivity index is 1.74. The molecule has 0 unspecified atom stereocenters. The Morgan fingerprint density at radius 3 is 2.64 bits per heavy atom. The lowest BCUT2D eigenvalue weighted by Crippen LogP contribution is -2.40. The third-order valence-corrected chi connectivity index (χ3v) is 6.56. The van der Waals surface area contributed by atoms with Crippen LogP contribution in [0.5, 0.6) is 0 Å². The molecule has 0 spiro atoms. The molecule has 0 fully saturated rings. The monoisotopic (exact) mass is 463 g/mol. The highest BCUT2D eigenvalue weighted by Crippen LogP contribution is 2.35. The summed E-state index contributed by atoms with van der Waals surface area (Å²) in [6.07, 6.45) is 0. The van der Waals surface area contributed by atoms with Gasteiger partial charge in [0.25, 0.3) is 5.56 Å². The quantitative estimate of drug-likeness (QED) is 0.460. The Labute approximate surface area is 196 Å². The number of halogens is 1. The molecule has 1 atom stereocenters. The number of hydrogen-bond acceptors (Lipinski definition) is 4. The summed E-state index contributed by atoms with van der Waals surface area (Å²) in [5.41, 5.74) is 4.19. The van der Waals surface area contributed by atoms with Gasteiger partial charge in [0.05, 0.1) is 6.54 Å². The second-order valence-corrected chi connectivity index (χ2v) is 9.50. The minimum absolute atomic E-state index is 0.219. The maximum Gasteiger partial charge on any atom is 0.332 e. The molecule has 0 radical (unpaired) electrons. The number of aryl methyl sites for hydroxylation is 3. The molecule has 4 aromatic rings. The number of hydrogen-bond donors (Lipinski definition) is 0. The molecular weight excluding hydrogens is 438 g/mol. The van der Waals surface area contributed by atoms with Crippen molar-refractivity contribution in [1.29, 1.82) is 0 Å². The first-order valence-electron chi connectivity index (χ1n) is 11.0. The molecule has 3 heterocycles. The Bertz CT molecular complexity index is 1510. The molecule has 5 rings (SSSR count). The highest BCUT2D eigenvalue weighted by atomic mass is 35.5. The van der Waals surface area contributed by atoms with E-state index >= 15 is 0 Å². The molecule has 0 N–H and O–H groups in total. The third-order valence-electron chi connectivity index (χ3n) is 6.33. The van der Waals surface area contributed by atoms with Crippen molar-refractivity contribution in [2.75, 3.05) is 11.4 Å². The zero-order valence-corrected chi connectivity index (χ0v) is 19.9. The summed E-state index contributed by atoms with van der Waals surface area (Å²) >= 11 is 6.31. The van der Waals surface area contributed by atoms with Gasteiger partial charge < -0.3 is 9.47 Å². The van der Waals surface area contributed by atoms with Crippen LogP contribution in [0.4, 0.5) is 11.6 Å². The average molecular weight is 464 g/mol. The van der Waals surface area contributed by atoms with Crippen LogP contribution >= 0.6 is 11.6 Å². The Morgan fingerprint density at radius 2 is 1.88 bits per heavy atom. The standard InChI is InChI=1S/C25H26ClN5O2/c1-15-6-5-7-18(10-15)14-31-23(32)21-22(28(4)25(31)33)27-24-29(12-16(2)13-30(21)24)20-11-19(26)9-8-17(20)3/h5-11,16H,12-14H2,1-4H3/t16-/m1/s1. The van der Waals surface area contributed by atoms with Crippen molar-refractivity contribution in [3.05, 3.63) is 85.0 Å². The van der Waals surface area contributed by atoms with Gasteiger partial charge in [0.2, 0.25) is 5.95 Å². The third kappa shape index (κ3) is 3.56. The lowest BCUT2D eigenvalue weighted by molar-refractivity contribution is 0.457. The van der Waals surface area contributed by atoms with E-state index < -0.39 is 0 Å². The molecule has 0 aliphatic carbocycles. The van der Waals surface area contributed by atoms with E-state index in [1.807, 2.05) is 60.9 Å². The van der Waals surface area contributed by atoms with E-state index in [9.17, 15) is 9.59 Å². The normalized spacial score (nSPS) is 15.8. The lowest BCUT2D eigenvalue weighted by Gasteiger charge is -2.33. The van der Waals surface area contributed by atoms with Crippen LogP contribution in [0.1, 0.15) is 23.6 Å². The van der Waals surface area contributed by atoms with Gasteiger partial charge in [0, 0.05) is 30.8 Å². The van der Waals surface area contributed by atoms with Gasteiger partial charge in [-0.05, 0) is 43.0 Å². The average Bonchev–Trinajstić information content (AvgIpc) is 3.16. The van der Waals surface area contributed by atoms with Crippen LogP contribution in [0.3, 0.4) is 0 Å². The van der Waals surface area contributed by atoms with Crippen LogP contribution in [-0.4, -0.2) is 25.2 Å². The fourth-order valence-electron chi connectivity index (χ4n) is 4.71. The summed E-state index contributed by atoms with van der Waals surface area (Å²) in [7, 11) is 1.67. The SMILES string of the molecule is Cc1cccc(Cn2c(=O)c3c(nc4n3C[C@H](C)CN4c3cc(Cl)ccc3C)n(C)c2=O)c1. The largest absolute Gasteiger partial charge is 0.332 e. The number of anilines is 2. The molecule has 170 valence electrons. The number of aromatic nitrogens is 4. The Hall–Kier alpha value is -3.32. The highest BCUT2D eigenvalue weighted by Gasteiger charge is 2.30. The van der Waals surface area contributed by atoms with E-state index in [0.717, 1.165) is 28.9 Å².